The Morgan fingerprint density at radius 1 is 1.25 bits per heavy atom. The number of aryl methyl sites for hydroxylation is 1. The van der Waals surface area contributed by atoms with Gasteiger partial charge in [0.05, 0.1) is 0 Å². The Morgan fingerprint density at radius 3 is 2.65 bits per heavy atom. The summed E-state index contributed by atoms with van der Waals surface area (Å²) < 4.78 is 5.83. The molecule has 0 saturated heterocycles. The van der Waals surface area contributed by atoms with Gasteiger partial charge in [0, 0.05) is 5.56 Å². The molecule has 0 amide bonds. The highest BCUT2D eigenvalue weighted by atomic mass is 32.1. The number of carboxylic acid groups (broad SMARTS) is 1. The molecule has 0 aliphatic heterocycles. The number of hydrogen-bond donors (Lipinski definition) is 1. The van der Waals surface area contributed by atoms with E-state index in [0.717, 1.165) is 37.0 Å². The molecule has 1 aromatic carbocycles. The fourth-order valence-corrected chi connectivity index (χ4v) is 2.86. The fourth-order valence-electron chi connectivity index (χ4n) is 1.94. The third-order valence-corrected chi connectivity index (χ3v) is 4.03. The van der Waals surface area contributed by atoms with E-state index >= 15 is 0 Å². The molecule has 20 heavy (non-hydrogen) atoms. The van der Waals surface area contributed by atoms with Crippen molar-refractivity contribution in [2.45, 2.75) is 32.6 Å². The first-order valence-electron chi connectivity index (χ1n) is 6.79. The molecule has 0 aliphatic carbocycles. The lowest BCUT2D eigenvalue weighted by atomic mass is 10.1. The minimum atomic E-state index is -0.894. The smallest absolute Gasteiger partial charge is 0.346 e. The average molecular weight is 290 g/mol. The lowest BCUT2D eigenvalue weighted by molar-refractivity contribution is 0.0702. The van der Waals surface area contributed by atoms with Crippen molar-refractivity contribution in [2.24, 2.45) is 0 Å². The molecule has 4 heteroatoms. The van der Waals surface area contributed by atoms with E-state index in [4.69, 9.17) is 9.84 Å². The van der Waals surface area contributed by atoms with Crippen molar-refractivity contribution >= 4 is 17.3 Å². The SMILES string of the molecule is CCCCCc1cc(C(=O)O)sc1Oc1ccccc1. The van der Waals surface area contributed by atoms with E-state index in [9.17, 15) is 4.79 Å². The predicted octanol–water partition coefficient (Wildman–Crippen LogP) is 4.97. The van der Waals surface area contributed by atoms with Crippen molar-refractivity contribution in [3.63, 3.8) is 0 Å². The first-order valence-corrected chi connectivity index (χ1v) is 7.61. The molecule has 2 rings (SSSR count). The molecule has 0 saturated carbocycles. The standard InChI is InChI=1S/C16H18O3S/c1-2-3-5-8-12-11-14(15(17)18)20-16(12)19-13-9-6-4-7-10-13/h4,6-7,9-11H,2-3,5,8H2,1H3,(H,17,18). The summed E-state index contributed by atoms with van der Waals surface area (Å²) >= 11 is 1.20. The Kier molecular flexibility index (Phi) is 5.18. The van der Waals surface area contributed by atoms with Crippen molar-refractivity contribution in [1.29, 1.82) is 0 Å². The predicted molar refractivity (Wildman–Crippen MR) is 81.0 cm³/mol. The number of benzene rings is 1. The van der Waals surface area contributed by atoms with Gasteiger partial charge in [-0.3, -0.25) is 0 Å². The van der Waals surface area contributed by atoms with E-state index in [-0.39, 0.29) is 0 Å². The van der Waals surface area contributed by atoms with Gasteiger partial charge in [-0.1, -0.05) is 49.3 Å². The van der Waals surface area contributed by atoms with Gasteiger partial charge in [-0.2, -0.15) is 0 Å². The van der Waals surface area contributed by atoms with Crippen molar-refractivity contribution in [2.75, 3.05) is 0 Å². The van der Waals surface area contributed by atoms with Crippen LogP contribution in [0.1, 0.15) is 41.4 Å². The topological polar surface area (TPSA) is 46.5 Å². The molecular weight excluding hydrogens is 272 g/mol. The quantitative estimate of drug-likeness (QED) is 0.732. The number of unbranched alkanes of at least 4 members (excludes halogenated alkanes) is 2. The van der Waals surface area contributed by atoms with E-state index in [0.29, 0.717) is 9.94 Å². The van der Waals surface area contributed by atoms with E-state index < -0.39 is 5.97 Å². The zero-order valence-electron chi connectivity index (χ0n) is 11.5. The summed E-state index contributed by atoms with van der Waals surface area (Å²) in [6.07, 6.45) is 4.20. The molecule has 0 aliphatic rings. The summed E-state index contributed by atoms with van der Waals surface area (Å²) in [4.78, 5) is 11.4. The second-order valence-electron chi connectivity index (χ2n) is 4.60. The average Bonchev–Trinajstić information content (AvgIpc) is 2.84. The monoisotopic (exact) mass is 290 g/mol. The fraction of sp³-hybridized carbons (Fsp3) is 0.312. The van der Waals surface area contributed by atoms with E-state index in [1.165, 1.54) is 11.3 Å². The van der Waals surface area contributed by atoms with Crippen LogP contribution in [-0.2, 0) is 6.42 Å². The van der Waals surface area contributed by atoms with Gasteiger partial charge in [-0.05, 0) is 31.0 Å². The summed E-state index contributed by atoms with van der Waals surface area (Å²) in [7, 11) is 0. The summed E-state index contributed by atoms with van der Waals surface area (Å²) in [6.45, 7) is 2.15. The highest BCUT2D eigenvalue weighted by Gasteiger charge is 2.15. The van der Waals surface area contributed by atoms with Gasteiger partial charge >= 0.3 is 5.97 Å². The highest BCUT2D eigenvalue weighted by Crippen LogP contribution is 2.35. The van der Waals surface area contributed by atoms with Crippen LogP contribution in [0, 0.1) is 0 Å². The molecule has 0 spiro atoms. The molecule has 1 N–H and O–H groups in total. The second kappa shape index (κ2) is 7.10. The van der Waals surface area contributed by atoms with Crippen LogP contribution < -0.4 is 4.74 Å². The molecule has 2 aromatic rings. The summed E-state index contributed by atoms with van der Waals surface area (Å²) in [5.41, 5.74) is 0.990. The van der Waals surface area contributed by atoms with Crippen molar-refractivity contribution < 1.29 is 14.6 Å². The third-order valence-electron chi connectivity index (χ3n) is 2.98. The Labute approximate surface area is 122 Å². The van der Waals surface area contributed by atoms with Crippen LogP contribution in [-0.4, -0.2) is 11.1 Å². The number of carboxylic acids is 1. The largest absolute Gasteiger partial charge is 0.477 e. The van der Waals surface area contributed by atoms with Gasteiger partial charge in [0.15, 0.2) is 5.06 Å². The van der Waals surface area contributed by atoms with Crippen LogP contribution in [0.2, 0.25) is 0 Å². The minimum absolute atomic E-state index is 0.336. The summed E-state index contributed by atoms with van der Waals surface area (Å²) in [6, 6.07) is 11.2. The zero-order chi connectivity index (χ0) is 14.4. The van der Waals surface area contributed by atoms with E-state index in [2.05, 4.69) is 6.92 Å². The molecule has 0 fully saturated rings. The van der Waals surface area contributed by atoms with Crippen LogP contribution in [0.3, 0.4) is 0 Å². The van der Waals surface area contributed by atoms with Crippen LogP contribution >= 0.6 is 11.3 Å². The minimum Gasteiger partial charge on any atom is -0.477 e. The summed E-state index contributed by atoms with van der Waals surface area (Å²) in [5.74, 6) is -0.155. The van der Waals surface area contributed by atoms with Gasteiger partial charge in [0.2, 0.25) is 0 Å². The Bertz CT molecular complexity index is 560. The molecule has 1 aromatic heterocycles. The Morgan fingerprint density at radius 2 is 2.00 bits per heavy atom. The maximum atomic E-state index is 11.1. The second-order valence-corrected chi connectivity index (χ2v) is 5.62. The van der Waals surface area contributed by atoms with Gasteiger partial charge in [-0.25, -0.2) is 4.79 Å². The lowest BCUT2D eigenvalue weighted by Crippen LogP contribution is -1.91. The molecule has 0 radical (unpaired) electrons. The number of ether oxygens (including phenoxy) is 1. The molecule has 106 valence electrons. The van der Waals surface area contributed by atoms with Crippen LogP contribution in [0.25, 0.3) is 0 Å². The van der Waals surface area contributed by atoms with Crippen LogP contribution in [0.15, 0.2) is 36.4 Å². The van der Waals surface area contributed by atoms with Crippen molar-refractivity contribution in [1.82, 2.24) is 0 Å². The number of rotatable bonds is 7. The molecule has 0 bridgehead atoms. The zero-order valence-corrected chi connectivity index (χ0v) is 12.3. The molecule has 3 nitrogen and oxygen atoms in total. The lowest BCUT2D eigenvalue weighted by Gasteiger charge is -2.05. The van der Waals surface area contributed by atoms with Crippen LogP contribution in [0.5, 0.6) is 10.8 Å². The number of para-hydroxylation sites is 1. The Hall–Kier alpha value is -1.81. The highest BCUT2D eigenvalue weighted by molar-refractivity contribution is 7.15. The number of hydrogen-bond acceptors (Lipinski definition) is 3. The summed E-state index contributed by atoms with van der Waals surface area (Å²) in [5, 5.41) is 9.81. The van der Waals surface area contributed by atoms with Crippen molar-refractivity contribution in [3.05, 3.63) is 46.8 Å². The number of carbonyl (C=O) groups is 1. The van der Waals surface area contributed by atoms with Crippen LogP contribution in [0.4, 0.5) is 0 Å². The van der Waals surface area contributed by atoms with E-state index in [1.54, 1.807) is 6.07 Å². The van der Waals surface area contributed by atoms with Gasteiger partial charge in [0.25, 0.3) is 0 Å². The molecular formula is C16H18O3S. The maximum Gasteiger partial charge on any atom is 0.346 e. The Balaban J connectivity index is 2.18. The van der Waals surface area contributed by atoms with E-state index in [1.807, 2.05) is 30.3 Å². The number of thiophene rings is 1. The molecule has 0 unspecified atom stereocenters. The molecule has 0 atom stereocenters. The van der Waals surface area contributed by atoms with Gasteiger partial charge in [-0.15, -0.1) is 0 Å². The van der Waals surface area contributed by atoms with Gasteiger partial charge in [0.1, 0.15) is 10.6 Å². The first-order chi connectivity index (χ1) is 9.70. The normalized spacial score (nSPS) is 10.4. The van der Waals surface area contributed by atoms with Crippen molar-refractivity contribution in [3.8, 4) is 10.8 Å². The molecule has 1 heterocycles. The van der Waals surface area contributed by atoms with Gasteiger partial charge < -0.3 is 9.84 Å². The third kappa shape index (κ3) is 3.84. The maximum absolute atomic E-state index is 11.1. The number of aromatic carboxylic acids is 1. The first kappa shape index (κ1) is 14.6.